The monoisotopic (exact) mass is 487 g/mol. The van der Waals surface area contributed by atoms with E-state index in [1.165, 1.54) is 45.4 Å². The number of hydrogen-bond donors (Lipinski definition) is 1. The van der Waals surface area contributed by atoms with Gasteiger partial charge in [0.25, 0.3) is 0 Å². The Morgan fingerprint density at radius 2 is 1.86 bits per heavy atom. The molecular weight excluding hydrogens is 438 g/mol. The Balaban J connectivity index is 1.58. The first-order valence-corrected chi connectivity index (χ1v) is 14.4. The van der Waals surface area contributed by atoms with E-state index in [0.717, 1.165) is 43.4 Å². The molecule has 4 fully saturated rings. The number of fused-ring (bicyclic) bond motifs is 5. The van der Waals surface area contributed by atoms with Gasteiger partial charge in [0.2, 0.25) is 0 Å². The van der Waals surface area contributed by atoms with Crippen LogP contribution in [-0.4, -0.2) is 28.8 Å². The second-order valence-corrected chi connectivity index (χ2v) is 13.7. The summed E-state index contributed by atoms with van der Waals surface area (Å²) in [6.07, 6.45) is 11.4. The molecule has 35 heavy (non-hydrogen) atoms. The van der Waals surface area contributed by atoms with E-state index in [1.54, 1.807) is 0 Å². The Kier molecular flexibility index (Phi) is 7.57. The maximum Gasteiger partial charge on any atom is 0.302 e. The molecule has 1 N–H and O–H groups in total. The number of hydrogen-bond acceptors (Lipinski definition) is 4. The van der Waals surface area contributed by atoms with Gasteiger partial charge < -0.3 is 9.84 Å². The Labute approximate surface area is 212 Å². The first-order valence-electron chi connectivity index (χ1n) is 14.4. The predicted molar refractivity (Wildman–Crippen MR) is 138 cm³/mol. The smallest absolute Gasteiger partial charge is 0.302 e. The minimum Gasteiger partial charge on any atom is -0.462 e. The van der Waals surface area contributed by atoms with Crippen molar-refractivity contribution in [2.45, 2.75) is 130 Å². The van der Waals surface area contributed by atoms with Crippen LogP contribution in [0.4, 0.5) is 0 Å². The number of ether oxygens (including phenoxy) is 1. The maximum atomic E-state index is 12.2. The third kappa shape index (κ3) is 4.52. The van der Waals surface area contributed by atoms with Crippen molar-refractivity contribution in [3.8, 4) is 0 Å². The van der Waals surface area contributed by atoms with Gasteiger partial charge in [-0.25, -0.2) is 0 Å². The molecule has 0 saturated heterocycles. The Hall–Kier alpha value is -1.26. The molecule has 0 aliphatic heterocycles. The lowest BCUT2D eigenvalue weighted by molar-refractivity contribution is -0.232. The van der Waals surface area contributed by atoms with Gasteiger partial charge in [0.1, 0.15) is 6.10 Å². The van der Waals surface area contributed by atoms with Gasteiger partial charge in [-0.2, -0.15) is 0 Å². The summed E-state index contributed by atoms with van der Waals surface area (Å²) in [5.41, 5.74) is 8.37. The van der Waals surface area contributed by atoms with E-state index in [-0.39, 0.29) is 17.5 Å². The van der Waals surface area contributed by atoms with Gasteiger partial charge in [-0.15, -0.1) is 0 Å². The molecule has 0 amide bonds. The number of azide groups is 1. The molecule has 0 aromatic rings. The molecule has 0 aromatic carbocycles. The molecule has 4 saturated carbocycles. The summed E-state index contributed by atoms with van der Waals surface area (Å²) in [5.74, 6) is 3.57. The van der Waals surface area contributed by atoms with Gasteiger partial charge in [0, 0.05) is 23.7 Å². The molecular formula is C29H49N3O3. The quantitative estimate of drug-likeness (QED) is 0.175. The fourth-order valence-electron chi connectivity index (χ4n) is 9.81. The molecule has 0 spiro atoms. The van der Waals surface area contributed by atoms with Crippen molar-refractivity contribution in [3.05, 3.63) is 10.4 Å². The third-order valence-electron chi connectivity index (χ3n) is 11.5. The highest BCUT2D eigenvalue weighted by Crippen LogP contribution is 2.69. The van der Waals surface area contributed by atoms with Crippen LogP contribution < -0.4 is 0 Å². The van der Waals surface area contributed by atoms with E-state index in [9.17, 15) is 15.4 Å². The average molecular weight is 488 g/mol. The highest BCUT2D eigenvalue weighted by Gasteiger charge is 2.67. The highest BCUT2D eigenvalue weighted by atomic mass is 16.5. The molecule has 4 aliphatic rings. The summed E-state index contributed by atoms with van der Waals surface area (Å²) in [6, 6.07) is -0.457. The second kappa shape index (κ2) is 9.89. The zero-order valence-corrected chi connectivity index (χ0v) is 23.0. The number of rotatable bonds is 7. The maximum absolute atomic E-state index is 12.2. The molecule has 10 atom stereocenters. The van der Waals surface area contributed by atoms with Crippen LogP contribution in [0, 0.1) is 46.3 Å². The number of nitrogens with zero attached hydrogens (tertiary/aromatic N) is 3. The normalized spacial score (nSPS) is 45.6. The lowest BCUT2D eigenvalue weighted by atomic mass is 9.42. The third-order valence-corrected chi connectivity index (χ3v) is 11.5. The van der Waals surface area contributed by atoms with Crippen LogP contribution in [0.2, 0.25) is 0 Å². The molecule has 6 heteroatoms. The largest absolute Gasteiger partial charge is 0.462 e. The molecule has 198 valence electrons. The lowest BCUT2D eigenvalue weighted by Crippen LogP contribution is -2.68. The van der Waals surface area contributed by atoms with Gasteiger partial charge in [-0.1, -0.05) is 59.0 Å². The summed E-state index contributed by atoms with van der Waals surface area (Å²) in [5, 5.41) is 16.4. The van der Waals surface area contributed by atoms with Gasteiger partial charge in [0.05, 0.1) is 11.6 Å². The summed E-state index contributed by atoms with van der Waals surface area (Å²) in [6.45, 7) is 13.4. The zero-order valence-electron chi connectivity index (χ0n) is 23.0. The topological polar surface area (TPSA) is 95.3 Å². The number of aliphatic hydroxyl groups is 1. The van der Waals surface area contributed by atoms with Crippen molar-refractivity contribution >= 4 is 5.97 Å². The van der Waals surface area contributed by atoms with Crippen LogP contribution in [0.5, 0.6) is 0 Å². The molecule has 4 aliphatic carbocycles. The van der Waals surface area contributed by atoms with Gasteiger partial charge in [-0.3, -0.25) is 4.79 Å². The predicted octanol–water partition coefficient (Wildman–Crippen LogP) is 7.44. The molecule has 0 heterocycles. The van der Waals surface area contributed by atoms with Gasteiger partial charge in [0.15, 0.2) is 0 Å². The van der Waals surface area contributed by atoms with E-state index >= 15 is 0 Å². The first-order chi connectivity index (χ1) is 16.5. The molecule has 0 radical (unpaired) electrons. The summed E-state index contributed by atoms with van der Waals surface area (Å²) in [7, 11) is 0. The molecule has 0 aromatic heterocycles. The fraction of sp³-hybridized carbons (Fsp3) is 0.966. The minimum absolute atomic E-state index is 0.296. The Morgan fingerprint density at radius 1 is 1.11 bits per heavy atom. The minimum atomic E-state index is -1.12. The molecule has 4 rings (SSSR count). The van der Waals surface area contributed by atoms with E-state index in [4.69, 9.17) is 4.74 Å². The summed E-state index contributed by atoms with van der Waals surface area (Å²) in [4.78, 5) is 14.9. The number of carbonyl (C=O) groups is 1. The summed E-state index contributed by atoms with van der Waals surface area (Å²) < 4.78 is 5.55. The highest BCUT2D eigenvalue weighted by molar-refractivity contribution is 5.66. The van der Waals surface area contributed by atoms with Crippen molar-refractivity contribution in [2.75, 3.05) is 0 Å². The van der Waals surface area contributed by atoms with Crippen LogP contribution in [0.3, 0.4) is 0 Å². The standard InChI is InChI=1S/C29H49N3O3/c1-18(2)8-7-9-19(3)23-10-11-24-22-16-26(31-32-30)29(34)17-21(35-20(4)33)12-15-28(29,6)25(22)13-14-27(23,24)5/h18-19,21-26,34H,7-17H2,1-6H3/t19?,21-,22-,23+,24-,25-,26+,27+,28+,29-/m0/s1. The van der Waals surface area contributed by atoms with Crippen LogP contribution in [0.15, 0.2) is 5.11 Å². The van der Waals surface area contributed by atoms with E-state index in [1.807, 2.05) is 0 Å². The lowest BCUT2D eigenvalue weighted by Gasteiger charge is -2.65. The van der Waals surface area contributed by atoms with E-state index in [0.29, 0.717) is 29.6 Å². The average Bonchev–Trinajstić information content (AvgIpc) is 3.12. The van der Waals surface area contributed by atoms with Crippen LogP contribution in [0.1, 0.15) is 112 Å². The molecule has 6 nitrogen and oxygen atoms in total. The summed E-state index contributed by atoms with van der Waals surface area (Å²) >= 11 is 0. The zero-order chi connectivity index (χ0) is 25.6. The van der Waals surface area contributed by atoms with E-state index in [2.05, 4.69) is 44.6 Å². The van der Waals surface area contributed by atoms with Crippen LogP contribution in [-0.2, 0) is 9.53 Å². The van der Waals surface area contributed by atoms with Gasteiger partial charge >= 0.3 is 5.97 Å². The molecule has 0 bridgehead atoms. The van der Waals surface area contributed by atoms with Crippen molar-refractivity contribution in [1.29, 1.82) is 0 Å². The van der Waals surface area contributed by atoms with Crippen molar-refractivity contribution in [2.24, 2.45) is 51.5 Å². The first kappa shape index (κ1) is 26.8. The van der Waals surface area contributed by atoms with Crippen LogP contribution >= 0.6 is 0 Å². The SMILES string of the molecule is CC(=O)O[C@H]1CC[C@]2(C)[C@H]3CC[C@]4(C)[C@@H](C(C)CCCC(C)C)CC[C@H]4[C@@H]3C[C@@H](N=[N+]=[N-])[C@@]2(O)C1. The molecule has 1 unspecified atom stereocenters. The van der Waals surface area contributed by atoms with Gasteiger partial charge in [-0.05, 0) is 91.4 Å². The Bertz CT molecular complexity index is 841. The van der Waals surface area contributed by atoms with Crippen molar-refractivity contribution < 1.29 is 14.6 Å². The van der Waals surface area contributed by atoms with Crippen molar-refractivity contribution in [1.82, 2.24) is 0 Å². The number of esters is 1. The van der Waals surface area contributed by atoms with Crippen molar-refractivity contribution in [3.63, 3.8) is 0 Å². The van der Waals surface area contributed by atoms with E-state index < -0.39 is 11.6 Å². The fourth-order valence-corrected chi connectivity index (χ4v) is 9.81. The number of carbonyl (C=O) groups excluding carboxylic acids is 1. The Morgan fingerprint density at radius 3 is 2.51 bits per heavy atom. The van der Waals surface area contributed by atoms with Crippen LogP contribution in [0.25, 0.3) is 10.4 Å². The second-order valence-electron chi connectivity index (χ2n) is 13.7.